The summed E-state index contributed by atoms with van der Waals surface area (Å²) in [5.41, 5.74) is 2.79. The van der Waals surface area contributed by atoms with E-state index in [0.29, 0.717) is 12.0 Å². The quantitative estimate of drug-likeness (QED) is 0.592. The zero-order valence-electron chi connectivity index (χ0n) is 13.0. The molecule has 0 saturated carbocycles. The van der Waals surface area contributed by atoms with Gasteiger partial charge in [0.05, 0.1) is 12.8 Å². The zero-order chi connectivity index (χ0) is 18.2. The summed E-state index contributed by atoms with van der Waals surface area (Å²) in [6.07, 6.45) is -9.11. The van der Waals surface area contributed by atoms with Crippen LogP contribution in [0.1, 0.15) is 27.8 Å². The van der Waals surface area contributed by atoms with Crippen LogP contribution in [-0.4, -0.2) is 12.4 Å². The normalized spacial score (nSPS) is 14.4. The maximum atomic E-state index is 12.7. The molecule has 2 aromatic rings. The molecule has 0 unspecified atom stereocenters. The molecule has 25 heavy (non-hydrogen) atoms. The van der Waals surface area contributed by atoms with Crippen LogP contribution in [-0.2, 0) is 19.3 Å². The maximum Gasteiger partial charge on any atom is 0.393 e. The molecule has 0 aromatic heterocycles. The molecule has 0 bridgehead atoms. The van der Waals surface area contributed by atoms with E-state index in [4.69, 9.17) is 0 Å². The van der Waals surface area contributed by atoms with Crippen LogP contribution in [0.2, 0.25) is 0 Å². The molecule has 3 rings (SSSR count). The summed E-state index contributed by atoms with van der Waals surface area (Å²) in [4.78, 5) is 0. The predicted molar refractivity (Wildman–Crippen MR) is 84.0 cm³/mol. The van der Waals surface area contributed by atoms with E-state index in [0.717, 1.165) is 22.8 Å². The summed E-state index contributed by atoms with van der Waals surface area (Å²) in [5.74, 6) is 0. The number of rotatable bonds is 3. The van der Waals surface area contributed by atoms with Crippen molar-refractivity contribution < 1.29 is 26.3 Å². The van der Waals surface area contributed by atoms with Gasteiger partial charge in [0.2, 0.25) is 0 Å². The van der Waals surface area contributed by atoms with E-state index in [1.165, 1.54) is 12.1 Å². The van der Waals surface area contributed by atoms with Crippen molar-refractivity contribution in [3.8, 4) is 0 Å². The molecule has 0 radical (unpaired) electrons. The fraction of sp³-hybridized carbons (Fsp3) is 0.263. The van der Waals surface area contributed by atoms with Crippen LogP contribution in [0.3, 0.4) is 0 Å². The van der Waals surface area contributed by atoms with E-state index in [1.807, 2.05) is 30.3 Å². The second kappa shape index (κ2) is 6.24. The average molecular weight is 356 g/mol. The monoisotopic (exact) mass is 356 g/mol. The third kappa shape index (κ3) is 4.65. The van der Waals surface area contributed by atoms with Crippen molar-refractivity contribution in [3.63, 3.8) is 0 Å². The Hall–Kier alpha value is -2.24. The Morgan fingerprint density at radius 1 is 0.760 bits per heavy atom. The first-order valence-electron chi connectivity index (χ1n) is 7.64. The van der Waals surface area contributed by atoms with Crippen LogP contribution < -0.4 is 0 Å². The number of fused-ring (bicyclic) bond motifs is 1. The van der Waals surface area contributed by atoms with Gasteiger partial charge in [0.1, 0.15) is 0 Å². The highest BCUT2D eigenvalue weighted by molar-refractivity contribution is 5.88. The molecule has 6 heteroatoms. The highest BCUT2D eigenvalue weighted by Gasteiger charge is 2.31. The van der Waals surface area contributed by atoms with Gasteiger partial charge in [0.15, 0.2) is 0 Å². The molecule has 0 nitrogen and oxygen atoms in total. The van der Waals surface area contributed by atoms with E-state index < -0.39 is 25.2 Å². The number of benzene rings is 2. The van der Waals surface area contributed by atoms with Crippen LogP contribution >= 0.6 is 0 Å². The van der Waals surface area contributed by atoms with E-state index in [9.17, 15) is 26.3 Å². The molecule has 0 heterocycles. The second-order valence-corrected chi connectivity index (χ2v) is 6.17. The molecule has 1 aliphatic rings. The van der Waals surface area contributed by atoms with Gasteiger partial charge in [-0.15, -0.1) is 0 Å². The fourth-order valence-corrected chi connectivity index (χ4v) is 3.08. The topological polar surface area (TPSA) is 0 Å². The van der Waals surface area contributed by atoms with Gasteiger partial charge < -0.3 is 0 Å². The summed E-state index contributed by atoms with van der Waals surface area (Å²) in [6.45, 7) is 0. The van der Waals surface area contributed by atoms with Crippen LogP contribution in [0.5, 0.6) is 0 Å². The minimum Gasteiger partial charge on any atom is -0.171 e. The number of allylic oxidation sites excluding steroid dienone is 1. The Kier molecular flexibility index (Phi) is 4.39. The SMILES string of the molecule is FC(F)(F)Cc1cc(CC(F)(F)F)cc(C2=Cc3ccccc3C2)c1. The van der Waals surface area contributed by atoms with Gasteiger partial charge in [0, 0.05) is 0 Å². The molecule has 132 valence electrons. The Morgan fingerprint density at radius 3 is 1.84 bits per heavy atom. The molecule has 0 N–H and O–H groups in total. The zero-order valence-corrected chi connectivity index (χ0v) is 13.0. The highest BCUT2D eigenvalue weighted by atomic mass is 19.4. The van der Waals surface area contributed by atoms with Gasteiger partial charge in [-0.3, -0.25) is 0 Å². The summed E-state index contributed by atoms with van der Waals surface area (Å²) in [5, 5.41) is 0. The lowest BCUT2D eigenvalue weighted by Gasteiger charge is -2.14. The number of hydrogen-bond donors (Lipinski definition) is 0. The van der Waals surface area contributed by atoms with Crippen molar-refractivity contribution in [3.05, 3.63) is 70.3 Å². The van der Waals surface area contributed by atoms with E-state index >= 15 is 0 Å². The minimum absolute atomic E-state index is 0.152. The number of hydrogen-bond acceptors (Lipinski definition) is 0. The molecule has 0 atom stereocenters. The molecule has 0 saturated heterocycles. The Balaban J connectivity index is 1.98. The standard InChI is InChI=1S/C19H14F6/c20-18(21,22)10-12-5-13(11-19(23,24)25)7-16(6-12)17-8-14-3-1-2-4-15(14)9-17/h1-8H,9-11H2. The van der Waals surface area contributed by atoms with Gasteiger partial charge in [-0.2, -0.15) is 26.3 Å². The van der Waals surface area contributed by atoms with Crippen molar-refractivity contribution in [1.29, 1.82) is 0 Å². The molecular weight excluding hydrogens is 342 g/mol. The van der Waals surface area contributed by atoms with E-state index in [1.54, 1.807) is 0 Å². The summed E-state index contributed by atoms with van der Waals surface area (Å²) in [6, 6.07) is 11.1. The Labute approximate surface area is 140 Å². The van der Waals surface area contributed by atoms with Crippen molar-refractivity contribution in [2.75, 3.05) is 0 Å². The van der Waals surface area contributed by atoms with Crippen LogP contribution in [0.25, 0.3) is 11.6 Å². The lowest BCUT2D eigenvalue weighted by molar-refractivity contribution is -0.127. The summed E-state index contributed by atoms with van der Waals surface area (Å²) >= 11 is 0. The molecule has 0 fully saturated rings. The average Bonchev–Trinajstić information content (AvgIpc) is 2.87. The van der Waals surface area contributed by atoms with Gasteiger partial charge in [0.25, 0.3) is 0 Å². The van der Waals surface area contributed by atoms with Crippen LogP contribution in [0.15, 0.2) is 42.5 Å². The van der Waals surface area contributed by atoms with Gasteiger partial charge in [-0.1, -0.05) is 48.5 Å². The highest BCUT2D eigenvalue weighted by Crippen LogP contribution is 2.34. The first-order chi connectivity index (χ1) is 11.6. The summed E-state index contributed by atoms with van der Waals surface area (Å²) < 4.78 is 76.2. The molecular formula is C19H14F6. The maximum absolute atomic E-state index is 12.7. The first kappa shape index (κ1) is 17.6. The molecule has 0 aliphatic heterocycles. The fourth-order valence-electron chi connectivity index (χ4n) is 3.08. The third-order valence-electron chi connectivity index (χ3n) is 4.00. The van der Waals surface area contributed by atoms with Crippen molar-refractivity contribution in [1.82, 2.24) is 0 Å². The first-order valence-corrected chi connectivity index (χ1v) is 7.64. The van der Waals surface area contributed by atoms with E-state index in [2.05, 4.69) is 0 Å². The van der Waals surface area contributed by atoms with Crippen molar-refractivity contribution in [2.24, 2.45) is 0 Å². The van der Waals surface area contributed by atoms with Crippen molar-refractivity contribution >= 4 is 11.6 Å². The summed E-state index contributed by atoms with van der Waals surface area (Å²) in [7, 11) is 0. The molecule has 0 amide bonds. The smallest absolute Gasteiger partial charge is 0.171 e. The Morgan fingerprint density at radius 2 is 1.32 bits per heavy atom. The molecule has 1 aliphatic carbocycles. The minimum atomic E-state index is -4.47. The lowest BCUT2D eigenvalue weighted by Crippen LogP contribution is -2.14. The number of alkyl halides is 6. The largest absolute Gasteiger partial charge is 0.393 e. The Bertz CT molecular complexity index is 777. The van der Waals surface area contributed by atoms with Gasteiger partial charge in [-0.05, 0) is 39.8 Å². The third-order valence-corrected chi connectivity index (χ3v) is 4.00. The van der Waals surface area contributed by atoms with Gasteiger partial charge >= 0.3 is 12.4 Å². The van der Waals surface area contributed by atoms with Crippen molar-refractivity contribution in [2.45, 2.75) is 31.6 Å². The lowest BCUT2D eigenvalue weighted by atomic mass is 9.96. The van der Waals surface area contributed by atoms with Crippen LogP contribution in [0, 0.1) is 0 Å². The van der Waals surface area contributed by atoms with E-state index in [-0.39, 0.29) is 11.1 Å². The van der Waals surface area contributed by atoms with Gasteiger partial charge in [-0.25, -0.2) is 0 Å². The van der Waals surface area contributed by atoms with Crippen LogP contribution in [0.4, 0.5) is 26.3 Å². The second-order valence-electron chi connectivity index (χ2n) is 6.17. The molecule has 2 aromatic carbocycles. The molecule has 0 spiro atoms. The predicted octanol–water partition coefficient (Wildman–Crippen LogP) is 5.99. The number of halogens is 6.